The van der Waals surface area contributed by atoms with Crippen LogP contribution in [0.1, 0.15) is 22.5 Å². The summed E-state index contributed by atoms with van der Waals surface area (Å²) in [5, 5.41) is 0. The lowest BCUT2D eigenvalue weighted by Gasteiger charge is -2.11. The van der Waals surface area contributed by atoms with E-state index in [1.807, 2.05) is 31.7 Å². The van der Waals surface area contributed by atoms with E-state index in [1.165, 1.54) is 16.0 Å². The van der Waals surface area contributed by atoms with E-state index in [1.54, 1.807) is 0 Å². The number of rotatable bonds is 4. The molecule has 2 aromatic rings. The molecule has 0 saturated carbocycles. The highest BCUT2D eigenvalue weighted by Crippen LogP contribution is 2.28. The van der Waals surface area contributed by atoms with Gasteiger partial charge in [-0.1, -0.05) is 30.3 Å². The van der Waals surface area contributed by atoms with Gasteiger partial charge >= 0.3 is 0 Å². The number of thioether (sulfide) groups is 1. The summed E-state index contributed by atoms with van der Waals surface area (Å²) in [5.41, 5.74) is 10.4. The SMILES string of the molecule is Cc1cc(SCc2ccccc2)c(CN)c(C)n1. The summed E-state index contributed by atoms with van der Waals surface area (Å²) < 4.78 is 0. The van der Waals surface area contributed by atoms with Gasteiger partial charge in [0.25, 0.3) is 0 Å². The predicted molar refractivity (Wildman–Crippen MR) is 77.6 cm³/mol. The number of hydrogen-bond acceptors (Lipinski definition) is 3. The van der Waals surface area contributed by atoms with Crippen LogP contribution < -0.4 is 5.73 Å². The highest BCUT2D eigenvalue weighted by atomic mass is 32.2. The maximum atomic E-state index is 5.82. The van der Waals surface area contributed by atoms with E-state index in [4.69, 9.17) is 5.73 Å². The summed E-state index contributed by atoms with van der Waals surface area (Å²) in [7, 11) is 0. The van der Waals surface area contributed by atoms with Crippen molar-refractivity contribution in [1.29, 1.82) is 0 Å². The van der Waals surface area contributed by atoms with Gasteiger partial charge in [-0.05, 0) is 25.5 Å². The Kier molecular flexibility index (Phi) is 4.39. The van der Waals surface area contributed by atoms with E-state index >= 15 is 0 Å². The number of nitrogens with two attached hydrogens (primary N) is 1. The summed E-state index contributed by atoms with van der Waals surface area (Å²) >= 11 is 1.83. The largest absolute Gasteiger partial charge is 0.326 e. The summed E-state index contributed by atoms with van der Waals surface area (Å²) in [6, 6.07) is 12.6. The molecule has 1 heterocycles. The number of nitrogens with zero attached hydrogens (tertiary/aromatic N) is 1. The molecule has 0 amide bonds. The molecule has 0 unspecified atom stereocenters. The van der Waals surface area contributed by atoms with Gasteiger partial charge in [0.1, 0.15) is 0 Å². The average molecular weight is 258 g/mol. The molecule has 0 aliphatic carbocycles. The molecule has 1 aromatic carbocycles. The van der Waals surface area contributed by atoms with Gasteiger partial charge in [0, 0.05) is 34.1 Å². The number of aryl methyl sites for hydroxylation is 2. The minimum Gasteiger partial charge on any atom is -0.326 e. The molecular formula is C15H18N2S. The molecular weight excluding hydrogens is 240 g/mol. The topological polar surface area (TPSA) is 38.9 Å². The first kappa shape index (κ1) is 13.1. The zero-order valence-corrected chi connectivity index (χ0v) is 11.6. The summed E-state index contributed by atoms with van der Waals surface area (Å²) in [4.78, 5) is 5.72. The second kappa shape index (κ2) is 6.03. The van der Waals surface area contributed by atoms with Gasteiger partial charge in [0.2, 0.25) is 0 Å². The van der Waals surface area contributed by atoms with Crippen molar-refractivity contribution in [2.45, 2.75) is 31.0 Å². The van der Waals surface area contributed by atoms with Gasteiger partial charge in [0.15, 0.2) is 0 Å². The van der Waals surface area contributed by atoms with E-state index in [2.05, 4.69) is 35.3 Å². The normalized spacial score (nSPS) is 10.6. The Hall–Kier alpha value is -1.32. The number of pyridine rings is 1. The first-order valence-electron chi connectivity index (χ1n) is 6.04. The van der Waals surface area contributed by atoms with Gasteiger partial charge in [0.05, 0.1) is 0 Å². The van der Waals surface area contributed by atoms with Gasteiger partial charge < -0.3 is 5.73 Å². The van der Waals surface area contributed by atoms with Crippen LogP contribution in [0.25, 0.3) is 0 Å². The Morgan fingerprint density at radius 1 is 1.17 bits per heavy atom. The van der Waals surface area contributed by atoms with Gasteiger partial charge in [-0.25, -0.2) is 0 Å². The van der Waals surface area contributed by atoms with Crippen LogP contribution in [0.4, 0.5) is 0 Å². The zero-order chi connectivity index (χ0) is 13.0. The van der Waals surface area contributed by atoms with Crippen molar-refractivity contribution in [2.24, 2.45) is 5.73 Å². The molecule has 2 nitrogen and oxygen atoms in total. The Balaban J connectivity index is 2.18. The molecule has 0 aliphatic rings. The molecule has 3 heteroatoms. The molecule has 0 aliphatic heterocycles. The molecule has 0 spiro atoms. The average Bonchev–Trinajstić information content (AvgIpc) is 2.37. The van der Waals surface area contributed by atoms with Crippen molar-refractivity contribution < 1.29 is 0 Å². The van der Waals surface area contributed by atoms with Crippen LogP contribution in [0.15, 0.2) is 41.3 Å². The Morgan fingerprint density at radius 3 is 2.56 bits per heavy atom. The minimum absolute atomic E-state index is 0.552. The molecule has 0 radical (unpaired) electrons. The molecule has 1 aromatic heterocycles. The van der Waals surface area contributed by atoms with E-state index in [0.29, 0.717) is 6.54 Å². The Morgan fingerprint density at radius 2 is 1.89 bits per heavy atom. The number of hydrogen-bond donors (Lipinski definition) is 1. The van der Waals surface area contributed by atoms with Crippen LogP contribution >= 0.6 is 11.8 Å². The predicted octanol–water partition coefficient (Wildman–Crippen LogP) is 3.45. The van der Waals surface area contributed by atoms with Crippen molar-refractivity contribution in [3.63, 3.8) is 0 Å². The Labute approximate surface area is 113 Å². The third-order valence-corrected chi connectivity index (χ3v) is 4.01. The summed E-state index contributed by atoms with van der Waals surface area (Å²) in [6.07, 6.45) is 0. The second-order valence-electron chi connectivity index (χ2n) is 4.30. The highest BCUT2D eigenvalue weighted by Gasteiger charge is 2.07. The molecule has 0 fully saturated rings. The van der Waals surface area contributed by atoms with E-state index in [-0.39, 0.29) is 0 Å². The minimum atomic E-state index is 0.552. The van der Waals surface area contributed by atoms with Crippen molar-refractivity contribution in [3.8, 4) is 0 Å². The van der Waals surface area contributed by atoms with Crippen LogP contribution in [0.5, 0.6) is 0 Å². The number of benzene rings is 1. The first-order valence-corrected chi connectivity index (χ1v) is 7.03. The zero-order valence-electron chi connectivity index (χ0n) is 10.8. The monoisotopic (exact) mass is 258 g/mol. The van der Waals surface area contributed by atoms with Crippen LogP contribution in [-0.4, -0.2) is 4.98 Å². The van der Waals surface area contributed by atoms with Crippen molar-refractivity contribution in [1.82, 2.24) is 4.98 Å². The number of aromatic nitrogens is 1. The maximum Gasteiger partial charge on any atom is 0.0431 e. The standard InChI is InChI=1S/C15H18N2S/c1-11-8-15(14(9-16)12(2)17-11)18-10-13-6-4-3-5-7-13/h3-8H,9-10,16H2,1-2H3. The smallest absolute Gasteiger partial charge is 0.0431 e. The lowest BCUT2D eigenvalue weighted by molar-refractivity contribution is 0.945. The van der Waals surface area contributed by atoms with Gasteiger partial charge in [-0.15, -0.1) is 11.8 Å². The Bertz CT molecular complexity index is 524. The van der Waals surface area contributed by atoms with Crippen molar-refractivity contribution >= 4 is 11.8 Å². The third-order valence-electron chi connectivity index (χ3n) is 2.86. The summed E-state index contributed by atoms with van der Waals surface area (Å²) in [6.45, 7) is 4.61. The van der Waals surface area contributed by atoms with E-state index in [0.717, 1.165) is 17.1 Å². The molecule has 94 valence electrons. The van der Waals surface area contributed by atoms with Crippen LogP contribution in [0.2, 0.25) is 0 Å². The van der Waals surface area contributed by atoms with Crippen molar-refractivity contribution in [2.75, 3.05) is 0 Å². The molecule has 2 N–H and O–H groups in total. The second-order valence-corrected chi connectivity index (χ2v) is 5.32. The van der Waals surface area contributed by atoms with Crippen molar-refractivity contribution in [3.05, 3.63) is 58.9 Å². The fraction of sp³-hybridized carbons (Fsp3) is 0.267. The highest BCUT2D eigenvalue weighted by molar-refractivity contribution is 7.98. The fourth-order valence-corrected chi connectivity index (χ4v) is 3.11. The lowest BCUT2D eigenvalue weighted by atomic mass is 10.2. The third kappa shape index (κ3) is 3.12. The van der Waals surface area contributed by atoms with Crippen LogP contribution in [0.3, 0.4) is 0 Å². The van der Waals surface area contributed by atoms with Crippen LogP contribution in [0, 0.1) is 13.8 Å². The molecule has 0 bridgehead atoms. The van der Waals surface area contributed by atoms with Gasteiger partial charge in [-0.2, -0.15) is 0 Å². The van der Waals surface area contributed by atoms with E-state index < -0.39 is 0 Å². The lowest BCUT2D eigenvalue weighted by Crippen LogP contribution is -2.04. The molecule has 0 atom stereocenters. The summed E-state index contributed by atoms with van der Waals surface area (Å²) in [5.74, 6) is 0.969. The fourth-order valence-electron chi connectivity index (χ4n) is 1.93. The van der Waals surface area contributed by atoms with E-state index in [9.17, 15) is 0 Å². The first-order chi connectivity index (χ1) is 8.70. The van der Waals surface area contributed by atoms with Gasteiger partial charge in [-0.3, -0.25) is 4.98 Å². The molecule has 0 saturated heterocycles. The quantitative estimate of drug-likeness (QED) is 0.854. The molecule has 2 rings (SSSR count). The van der Waals surface area contributed by atoms with Crippen LogP contribution in [-0.2, 0) is 12.3 Å². The molecule has 18 heavy (non-hydrogen) atoms. The maximum absolute atomic E-state index is 5.82.